The normalized spacial score (nSPS) is 15.5. The van der Waals surface area contributed by atoms with Crippen LogP contribution in [0.1, 0.15) is 48.5 Å². The van der Waals surface area contributed by atoms with Gasteiger partial charge in [-0.25, -0.2) is 10.3 Å². The summed E-state index contributed by atoms with van der Waals surface area (Å²) in [7, 11) is 0. The summed E-state index contributed by atoms with van der Waals surface area (Å²) in [6, 6.07) is -0.864. The van der Waals surface area contributed by atoms with Crippen molar-refractivity contribution in [3.63, 3.8) is 0 Å². The molecule has 0 aliphatic heterocycles. The average Bonchev–Trinajstić information content (AvgIpc) is 2.38. The van der Waals surface area contributed by atoms with Crippen molar-refractivity contribution in [2.45, 2.75) is 66.2 Å². The Morgan fingerprint density at radius 2 is 1.57 bits per heavy atom. The fourth-order valence-corrected chi connectivity index (χ4v) is 1.49. The number of carbonyl (C=O) groups is 3. The highest BCUT2D eigenvalue weighted by Gasteiger charge is 2.28. The summed E-state index contributed by atoms with van der Waals surface area (Å²) in [5, 5.41) is 11.4. The first-order valence-corrected chi connectivity index (χ1v) is 7.53. The van der Waals surface area contributed by atoms with Crippen LogP contribution < -0.4 is 10.8 Å². The Kier molecular flexibility index (Phi) is 8.02. The Bertz CT molecular complexity index is 430. The number of carbonyl (C=O) groups excluding carboxylic acids is 2. The molecule has 0 bridgehead atoms. The number of alkyl carbamates (subject to hydrolysis) is 1. The molecule has 0 aliphatic rings. The van der Waals surface area contributed by atoms with E-state index in [2.05, 4.69) is 10.8 Å². The highest BCUT2D eigenvalue weighted by molar-refractivity contribution is 5.85. The molecule has 23 heavy (non-hydrogen) atoms. The molecule has 8 nitrogen and oxygen atoms in total. The summed E-state index contributed by atoms with van der Waals surface area (Å²) in [5.41, 5.74) is 1.52. The van der Waals surface area contributed by atoms with Crippen LogP contribution in [0.3, 0.4) is 0 Å². The quantitative estimate of drug-likeness (QED) is 0.611. The van der Waals surface area contributed by atoms with Gasteiger partial charge in [0.25, 0.3) is 5.91 Å². The number of aliphatic carboxylic acids is 1. The number of rotatable bonds is 7. The largest absolute Gasteiger partial charge is 0.481 e. The summed E-state index contributed by atoms with van der Waals surface area (Å²) >= 11 is 0. The highest BCUT2D eigenvalue weighted by atomic mass is 16.7. The van der Waals surface area contributed by atoms with Crippen molar-refractivity contribution in [2.24, 2.45) is 11.8 Å². The van der Waals surface area contributed by atoms with Gasteiger partial charge in [0.05, 0.1) is 12.0 Å². The lowest BCUT2D eigenvalue weighted by Gasteiger charge is -2.25. The van der Waals surface area contributed by atoms with Crippen molar-refractivity contribution >= 4 is 18.0 Å². The van der Waals surface area contributed by atoms with E-state index in [1.807, 2.05) is 0 Å². The predicted molar refractivity (Wildman–Crippen MR) is 83.5 cm³/mol. The molecule has 0 spiro atoms. The molecule has 0 fully saturated rings. The molecule has 0 aromatic rings. The van der Waals surface area contributed by atoms with Gasteiger partial charge in [0.15, 0.2) is 0 Å². The zero-order valence-corrected chi connectivity index (χ0v) is 14.8. The average molecular weight is 332 g/mol. The van der Waals surface area contributed by atoms with Crippen molar-refractivity contribution in [1.82, 2.24) is 10.8 Å². The van der Waals surface area contributed by atoms with Crippen LogP contribution in [0.5, 0.6) is 0 Å². The maximum Gasteiger partial charge on any atom is 0.408 e. The van der Waals surface area contributed by atoms with Gasteiger partial charge in [-0.15, -0.1) is 0 Å². The Morgan fingerprint density at radius 3 is 1.96 bits per heavy atom. The number of carboxylic acids is 1. The smallest absolute Gasteiger partial charge is 0.408 e. The van der Waals surface area contributed by atoms with Crippen LogP contribution in [0.4, 0.5) is 4.79 Å². The Morgan fingerprint density at radius 1 is 1.04 bits per heavy atom. The molecule has 0 heterocycles. The van der Waals surface area contributed by atoms with Gasteiger partial charge in [0, 0.05) is 0 Å². The second-order valence-electron chi connectivity index (χ2n) is 6.78. The zero-order chi connectivity index (χ0) is 18.4. The minimum Gasteiger partial charge on any atom is -0.481 e. The topological polar surface area (TPSA) is 114 Å². The third-order valence-corrected chi connectivity index (χ3v) is 3.06. The second-order valence-corrected chi connectivity index (χ2v) is 6.78. The van der Waals surface area contributed by atoms with Crippen LogP contribution in [0.25, 0.3) is 0 Å². The van der Waals surface area contributed by atoms with Gasteiger partial charge < -0.3 is 15.2 Å². The van der Waals surface area contributed by atoms with Crippen LogP contribution in [0, 0.1) is 11.8 Å². The van der Waals surface area contributed by atoms with Gasteiger partial charge in [-0.05, 0) is 40.5 Å². The molecule has 0 saturated heterocycles. The Hall–Kier alpha value is -1.83. The molecular weight excluding hydrogens is 304 g/mol. The maximum absolute atomic E-state index is 12.1. The third kappa shape index (κ3) is 8.39. The van der Waals surface area contributed by atoms with Crippen LogP contribution in [-0.4, -0.2) is 40.8 Å². The molecule has 0 radical (unpaired) electrons. The number of amides is 2. The molecule has 0 aliphatic carbocycles. The summed E-state index contributed by atoms with van der Waals surface area (Å²) in [5.74, 6) is -2.60. The standard InChI is InChI=1S/C15H28N2O6/c1-8(2)11(16-14(21)22-15(5,6)7)12(18)17-23-10(4)9(3)13(19)20/h8-11H,1-7H3,(H,16,21)(H,17,18)(H,19,20). The fraction of sp³-hybridized carbons (Fsp3) is 0.800. The van der Waals surface area contributed by atoms with Gasteiger partial charge in [-0.3, -0.25) is 14.4 Å². The zero-order valence-electron chi connectivity index (χ0n) is 14.8. The van der Waals surface area contributed by atoms with E-state index in [9.17, 15) is 14.4 Å². The Balaban J connectivity index is 4.64. The molecular formula is C15H28N2O6. The molecule has 8 heteroatoms. The van der Waals surface area contributed by atoms with Crippen molar-refractivity contribution in [3.05, 3.63) is 0 Å². The summed E-state index contributed by atoms with van der Waals surface area (Å²) in [4.78, 5) is 39.8. The van der Waals surface area contributed by atoms with Gasteiger partial charge in [0.2, 0.25) is 0 Å². The van der Waals surface area contributed by atoms with Crippen LogP contribution >= 0.6 is 0 Å². The number of hydroxylamine groups is 1. The molecule has 0 aromatic carbocycles. The number of ether oxygens (including phenoxy) is 1. The molecule has 2 amide bonds. The van der Waals surface area contributed by atoms with E-state index in [0.717, 1.165) is 0 Å². The van der Waals surface area contributed by atoms with Gasteiger partial charge in [-0.1, -0.05) is 13.8 Å². The lowest BCUT2D eigenvalue weighted by Crippen LogP contribution is -2.51. The fourth-order valence-electron chi connectivity index (χ4n) is 1.49. The van der Waals surface area contributed by atoms with Crippen LogP contribution in [0.2, 0.25) is 0 Å². The van der Waals surface area contributed by atoms with Crippen molar-refractivity contribution in [1.29, 1.82) is 0 Å². The van der Waals surface area contributed by atoms with E-state index >= 15 is 0 Å². The van der Waals surface area contributed by atoms with E-state index in [4.69, 9.17) is 14.7 Å². The van der Waals surface area contributed by atoms with E-state index < -0.39 is 41.6 Å². The van der Waals surface area contributed by atoms with Gasteiger partial charge in [-0.2, -0.15) is 0 Å². The number of carboxylic acid groups (broad SMARTS) is 1. The van der Waals surface area contributed by atoms with Gasteiger partial charge in [0.1, 0.15) is 11.6 Å². The molecule has 0 saturated carbocycles. The van der Waals surface area contributed by atoms with E-state index in [0.29, 0.717) is 0 Å². The molecule has 3 unspecified atom stereocenters. The maximum atomic E-state index is 12.1. The summed E-state index contributed by atoms with van der Waals surface area (Å²) < 4.78 is 5.12. The van der Waals surface area contributed by atoms with E-state index in [-0.39, 0.29) is 5.92 Å². The number of hydrogen-bond donors (Lipinski definition) is 3. The van der Waals surface area contributed by atoms with E-state index in [1.54, 1.807) is 34.6 Å². The van der Waals surface area contributed by atoms with Crippen LogP contribution in [-0.2, 0) is 19.2 Å². The predicted octanol–water partition coefficient (Wildman–Crippen LogP) is 1.69. The van der Waals surface area contributed by atoms with E-state index in [1.165, 1.54) is 13.8 Å². The van der Waals surface area contributed by atoms with Crippen molar-refractivity contribution in [3.8, 4) is 0 Å². The highest BCUT2D eigenvalue weighted by Crippen LogP contribution is 2.10. The first-order chi connectivity index (χ1) is 10.3. The minimum absolute atomic E-state index is 0.210. The Labute approximate surface area is 136 Å². The minimum atomic E-state index is -1.03. The van der Waals surface area contributed by atoms with Crippen molar-refractivity contribution in [2.75, 3.05) is 0 Å². The second kappa shape index (κ2) is 8.71. The number of hydrogen-bond acceptors (Lipinski definition) is 5. The lowest BCUT2D eigenvalue weighted by molar-refractivity contribution is -0.155. The SMILES string of the molecule is CC(C)C(NC(=O)OC(C)(C)C)C(=O)NOC(C)C(C)C(=O)O. The molecule has 0 aromatic heterocycles. The van der Waals surface area contributed by atoms with Gasteiger partial charge >= 0.3 is 12.1 Å². The molecule has 3 atom stereocenters. The first-order valence-electron chi connectivity index (χ1n) is 7.53. The monoisotopic (exact) mass is 332 g/mol. The third-order valence-electron chi connectivity index (χ3n) is 3.06. The molecule has 0 rings (SSSR count). The summed E-state index contributed by atoms with van der Waals surface area (Å²) in [6.07, 6.45) is -1.43. The van der Waals surface area contributed by atoms with Crippen molar-refractivity contribution < 1.29 is 29.1 Å². The molecule has 134 valence electrons. The number of nitrogens with one attached hydrogen (secondary N) is 2. The lowest BCUT2D eigenvalue weighted by atomic mass is 10.0. The molecule has 3 N–H and O–H groups in total. The first kappa shape index (κ1) is 21.2. The van der Waals surface area contributed by atoms with Crippen LogP contribution in [0.15, 0.2) is 0 Å². The summed E-state index contributed by atoms with van der Waals surface area (Å²) in [6.45, 7) is 11.7.